The first-order valence-electron chi connectivity index (χ1n) is 7.76. The van der Waals surface area contributed by atoms with Crippen molar-refractivity contribution >= 4 is 5.91 Å². The van der Waals surface area contributed by atoms with Gasteiger partial charge in [0.1, 0.15) is 5.82 Å². The summed E-state index contributed by atoms with van der Waals surface area (Å²) in [6.07, 6.45) is 3.41. The molecule has 5 nitrogen and oxygen atoms in total. The molecule has 1 aromatic carbocycles. The lowest BCUT2D eigenvalue weighted by Gasteiger charge is -2.17. The van der Waals surface area contributed by atoms with Crippen molar-refractivity contribution in [2.45, 2.75) is 25.8 Å². The molecule has 2 unspecified atom stereocenters. The van der Waals surface area contributed by atoms with Crippen molar-refractivity contribution in [3.8, 4) is 11.3 Å². The summed E-state index contributed by atoms with van der Waals surface area (Å²) in [6, 6.07) is 9.95. The number of benzene rings is 1. The Labute approximate surface area is 130 Å². The summed E-state index contributed by atoms with van der Waals surface area (Å²) in [5.41, 5.74) is 2.05. The van der Waals surface area contributed by atoms with Crippen LogP contribution in [-0.4, -0.2) is 29.1 Å². The molecule has 3 rings (SSSR count). The number of hydrogen-bond donors (Lipinski definition) is 2. The van der Waals surface area contributed by atoms with E-state index in [4.69, 9.17) is 4.74 Å². The maximum absolute atomic E-state index is 12.2. The van der Waals surface area contributed by atoms with E-state index < -0.39 is 0 Å². The molecule has 1 aliphatic heterocycles. The van der Waals surface area contributed by atoms with Crippen LogP contribution in [0.2, 0.25) is 0 Å². The van der Waals surface area contributed by atoms with E-state index in [2.05, 4.69) is 15.3 Å². The zero-order chi connectivity index (χ0) is 15.4. The van der Waals surface area contributed by atoms with Gasteiger partial charge in [-0.2, -0.15) is 0 Å². The van der Waals surface area contributed by atoms with Crippen LogP contribution in [0.3, 0.4) is 0 Å². The molecule has 116 valence electrons. The van der Waals surface area contributed by atoms with Crippen molar-refractivity contribution in [1.29, 1.82) is 0 Å². The van der Waals surface area contributed by atoms with Gasteiger partial charge in [0.05, 0.1) is 30.5 Å². The van der Waals surface area contributed by atoms with Crippen LogP contribution in [-0.2, 0) is 9.53 Å². The average molecular weight is 299 g/mol. The zero-order valence-electron chi connectivity index (χ0n) is 12.7. The average Bonchev–Trinajstić information content (AvgIpc) is 3.24. The molecule has 0 spiro atoms. The number of aromatic amines is 1. The van der Waals surface area contributed by atoms with Crippen molar-refractivity contribution in [2.75, 3.05) is 13.2 Å². The number of imidazole rings is 1. The van der Waals surface area contributed by atoms with E-state index in [0.29, 0.717) is 13.2 Å². The topological polar surface area (TPSA) is 67.0 Å². The number of carbonyl (C=O) groups excluding carboxylic acids is 1. The Balaban J connectivity index is 1.71. The van der Waals surface area contributed by atoms with Crippen LogP contribution in [0.15, 0.2) is 36.5 Å². The molecule has 0 aliphatic carbocycles. The minimum atomic E-state index is -0.0921. The van der Waals surface area contributed by atoms with Crippen molar-refractivity contribution in [2.24, 2.45) is 5.92 Å². The third kappa shape index (κ3) is 3.20. The normalized spacial score (nSPS) is 19.0. The number of H-pyrrole nitrogens is 1. The van der Waals surface area contributed by atoms with E-state index in [1.165, 1.54) is 0 Å². The van der Waals surface area contributed by atoms with Crippen LogP contribution in [0, 0.1) is 5.92 Å². The summed E-state index contributed by atoms with van der Waals surface area (Å²) in [5, 5.41) is 3.08. The highest BCUT2D eigenvalue weighted by Crippen LogP contribution is 2.21. The molecule has 0 radical (unpaired) electrons. The minimum absolute atomic E-state index is 0.0300. The van der Waals surface area contributed by atoms with E-state index >= 15 is 0 Å². The van der Waals surface area contributed by atoms with Crippen LogP contribution >= 0.6 is 0 Å². The monoisotopic (exact) mass is 299 g/mol. The quantitative estimate of drug-likeness (QED) is 0.892. The molecule has 1 aromatic heterocycles. The van der Waals surface area contributed by atoms with Crippen LogP contribution in [0.4, 0.5) is 0 Å². The molecule has 5 heteroatoms. The second-order valence-electron chi connectivity index (χ2n) is 5.58. The number of nitrogens with zero attached hydrogens (tertiary/aromatic N) is 1. The fourth-order valence-corrected chi connectivity index (χ4v) is 2.67. The summed E-state index contributed by atoms with van der Waals surface area (Å²) in [4.78, 5) is 20.0. The fourth-order valence-electron chi connectivity index (χ4n) is 2.67. The summed E-state index contributed by atoms with van der Waals surface area (Å²) in [6.45, 7) is 3.24. The van der Waals surface area contributed by atoms with E-state index in [-0.39, 0.29) is 17.9 Å². The Morgan fingerprint density at radius 3 is 2.95 bits per heavy atom. The third-order valence-corrected chi connectivity index (χ3v) is 4.04. The first-order chi connectivity index (χ1) is 10.8. The zero-order valence-corrected chi connectivity index (χ0v) is 12.7. The van der Waals surface area contributed by atoms with Gasteiger partial charge in [-0.1, -0.05) is 37.3 Å². The second kappa shape index (κ2) is 6.75. The Morgan fingerprint density at radius 2 is 2.27 bits per heavy atom. The molecule has 2 atom stereocenters. The molecule has 1 aliphatic rings. The number of amides is 1. The van der Waals surface area contributed by atoms with Gasteiger partial charge in [-0.3, -0.25) is 4.79 Å². The van der Waals surface area contributed by atoms with Gasteiger partial charge in [0, 0.05) is 6.61 Å². The minimum Gasteiger partial charge on any atom is -0.381 e. The largest absolute Gasteiger partial charge is 0.381 e. The summed E-state index contributed by atoms with van der Waals surface area (Å²) in [7, 11) is 0. The van der Waals surface area contributed by atoms with Crippen molar-refractivity contribution < 1.29 is 9.53 Å². The number of aromatic nitrogens is 2. The highest BCUT2D eigenvalue weighted by Gasteiger charge is 2.26. The molecule has 1 fully saturated rings. The third-order valence-electron chi connectivity index (χ3n) is 4.04. The van der Waals surface area contributed by atoms with Crippen LogP contribution in [0.25, 0.3) is 11.3 Å². The smallest absolute Gasteiger partial charge is 0.226 e. The number of carbonyl (C=O) groups is 1. The Kier molecular flexibility index (Phi) is 4.53. The summed E-state index contributed by atoms with van der Waals surface area (Å²) in [5.74, 6) is 0.827. The van der Waals surface area contributed by atoms with Crippen molar-refractivity contribution in [3.05, 3.63) is 42.4 Å². The van der Waals surface area contributed by atoms with Gasteiger partial charge < -0.3 is 15.0 Å². The maximum atomic E-state index is 12.2. The molecule has 1 saturated heterocycles. The SMILES string of the molecule is CCC(NC(=O)C1CCOC1)c1ncc(-c2ccccc2)[nH]1. The molecule has 2 N–H and O–H groups in total. The molecule has 0 bridgehead atoms. The van der Waals surface area contributed by atoms with Gasteiger partial charge in [-0.15, -0.1) is 0 Å². The molecule has 2 heterocycles. The van der Waals surface area contributed by atoms with E-state index in [0.717, 1.165) is 29.9 Å². The Hall–Kier alpha value is -2.14. The van der Waals surface area contributed by atoms with Gasteiger partial charge in [0.2, 0.25) is 5.91 Å². The first kappa shape index (κ1) is 14.8. The van der Waals surface area contributed by atoms with Gasteiger partial charge in [-0.25, -0.2) is 4.98 Å². The summed E-state index contributed by atoms with van der Waals surface area (Å²) < 4.78 is 5.28. The second-order valence-corrected chi connectivity index (χ2v) is 5.58. The van der Waals surface area contributed by atoms with E-state index in [1.54, 1.807) is 0 Å². The Morgan fingerprint density at radius 1 is 1.45 bits per heavy atom. The lowest BCUT2D eigenvalue weighted by atomic mass is 10.1. The molecule has 22 heavy (non-hydrogen) atoms. The predicted molar refractivity (Wildman–Crippen MR) is 84.1 cm³/mol. The highest BCUT2D eigenvalue weighted by atomic mass is 16.5. The fraction of sp³-hybridized carbons (Fsp3) is 0.412. The standard InChI is InChI=1S/C17H21N3O2/c1-2-14(20-17(21)13-8-9-22-11-13)16-18-10-15(19-16)12-6-4-3-5-7-12/h3-7,10,13-14H,2,8-9,11H2,1H3,(H,18,19)(H,20,21). The molecular formula is C17H21N3O2. The van der Waals surface area contributed by atoms with Crippen molar-refractivity contribution in [1.82, 2.24) is 15.3 Å². The molecule has 0 saturated carbocycles. The van der Waals surface area contributed by atoms with Gasteiger partial charge in [0.25, 0.3) is 0 Å². The van der Waals surface area contributed by atoms with Gasteiger partial charge in [0.15, 0.2) is 0 Å². The van der Waals surface area contributed by atoms with Crippen LogP contribution in [0.1, 0.15) is 31.6 Å². The van der Waals surface area contributed by atoms with Crippen molar-refractivity contribution in [3.63, 3.8) is 0 Å². The molecule has 2 aromatic rings. The molecular weight excluding hydrogens is 278 g/mol. The first-order valence-corrected chi connectivity index (χ1v) is 7.76. The lowest BCUT2D eigenvalue weighted by molar-refractivity contribution is -0.125. The number of hydrogen-bond acceptors (Lipinski definition) is 3. The lowest BCUT2D eigenvalue weighted by Crippen LogP contribution is -2.34. The van der Waals surface area contributed by atoms with E-state index in [1.807, 2.05) is 43.5 Å². The number of ether oxygens (including phenoxy) is 1. The predicted octanol–water partition coefficient (Wildman–Crippen LogP) is 2.68. The molecule has 1 amide bonds. The summed E-state index contributed by atoms with van der Waals surface area (Å²) >= 11 is 0. The number of rotatable bonds is 5. The van der Waals surface area contributed by atoms with Gasteiger partial charge >= 0.3 is 0 Å². The highest BCUT2D eigenvalue weighted by molar-refractivity contribution is 5.79. The Bertz CT molecular complexity index is 618. The van der Waals surface area contributed by atoms with Crippen LogP contribution in [0.5, 0.6) is 0 Å². The van der Waals surface area contributed by atoms with Gasteiger partial charge in [-0.05, 0) is 18.4 Å². The maximum Gasteiger partial charge on any atom is 0.226 e. The van der Waals surface area contributed by atoms with Crippen LogP contribution < -0.4 is 5.32 Å². The van der Waals surface area contributed by atoms with E-state index in [9.17, 15) is 4.79 Å². The number of nitrogens with one attached hydrogen (secondary N) is 2.